The summed E-state index contributed by atoms with van der Waals surface area (Å²) in [4.78, 5) is 17.4. The highest BCUT2D eigenvalue weighted by Crippen LogP contribution is 2.55. The second-order valence-corrected chi connectivity index (χ2v) is 10.9. The number of benzene rings is 1. The molecule has 0 unspecified atom stereocenters. The number of aromatic nitrogens is 1. The first-order valence-electron chi connectivity index (χ1n) is 12.0. The quantitative estimate of drug-likeness (QED) is 0.613. The number of hydrogen-bond acceptors (Lipinski definition) is 5. The van der Waals surface area contributed by atoms with Gasteiger partial charge in [-0.2, -0.15) is 5.26 Å². The van der Waals surface area contributed by atoms with Gasteiger partial charge in [0.1, 0.15) is 23.6 Å². The average molecular weight is 491 g/mol. The normalized spacial score (nSPS) is 22.6. The van der Waals surface area contributed by atoms with Crippen LogP contribution in [0, 0.1) is 39.9 Å². The molecule has 2 heterocycles. The molecule has 0 bridgehead atoms. The molecule has 1 aromatic carbocycles. The predicted octanol–water partition coefficient (Wildman–Crippen LogP) is 4.57. The third kappa shape index (κ3) is 5.15. The van der Waals surface area contributed by atoms with Crippen LogP contribution in [0.1, 0.15) is 62.2 Å². The first-order valence-corrected chi connectivity index (χ1v) is 12.4. The summed E-state index contributed by atoms with van der Waals surface area (Å²) in [6.07, 6.45) is 3.55. The lowest BCUT2D eigenvalue weighted by Crippen LogP contribution is -2.74. The van der Waals surface area contributed by atoms with Gasteiger partial charge in [-0.05, 0) is 56.1 Å². The standard InChI is InChI=1S/C28H31ClN4O2/c1-27(2)25(28(3,4)26(27)35-22-10-7-19(16-30)23(29)15-22)33-24(34)20-6-9-21(32-17-20)8-5-18-11-13-31-14-12-18/h6-7,9-10,15,17-18,25-26,31H,11-14H2,1-4H3,(H,33,34)/t25-,26-. The molecule has 1 saturated heterocycles. The van der Waals surface area contributed by atoms with Crippen molar-refractivity contribution in [3.05, 3.63) is 58.4 Å². The molecule has 1 aromatic heterocycles. The Morgan fingerprint density at radius 2 is 1.89 bits per heavy atom. The molecule has 0 atom stereocenters. The van der Waals surface area contributed by atoms with Gasteiger partial charge in [0, 0.05) is 35.1 Å². The molecule has 2 fully saturated rings. The van der Waals surface area contributed by atoms with E-state index < -0.39 is 0 Å². The van der Waals surface area contributed by atoms with Gasteiger partial charge in [-0.3, -0.25) is 4.79 Å². The van der Waals surface area contributed by atoms with Crippen LogP contribution in [0.5, 0.6) is 5.75 Å². The first-order chi connectivity index (χ1) is 16.6. The molecular formula is C28H31ClN4O2. The summed E-state index contributed by atoms with van der Waals surface area (Å²) in [5, 5.41) is 16.0. The van der Waals surface area contributed by atoms with Crippen molar-refractivity contribution in [3.8, 4) is 23.7 Å². The van der Waals surface area contributed by atoms with Crippen LogP contribution in [0.2, 0.25) is 5.02 Å². The SMILES string of the molecule is CC1(C)[C@H](NC(=O)c2ccc(C#CC3CCNCC3)nc2)C(C)(C)[C@H]1Oc1ccc(C#N)c(Cl)c1. The molecular weight excluding hydrogens is 460 g/mol. The zero-order chi connectivity index (χ0) is 25.2. The molecule has 1 aliphatic carbocycles. The molecule has 2 N–H and O–H groups in total. The van der Waals surface area contributed by atoms with Crippen LogP contribution < -0.4 is 15.4 Å². The lowest BCUT2D eigenvalue weighted by molar-refractivity contribution is -0.164. The van der Waals surface area contributed by atoms with Crippen LogP contribution in [0.15, 0.2) is 36.5 Å². The highest BCUT2D eigenvalue weighted by molar-refractivity contribution is 6.31. The van der Waals surface area contributed by atoms with Crippen LogP contribution in [0.25, 0.3) is 0 Å². The van der Waals surface area contributed by atoms with Crippen molar-refractivity contribution >= 4 is 17.5 Å². The third-order valence-electron chi connectivity index (χ3n) is 7.20. The number of nitrogens with zero attached hydrogens (tertiary/aromatic N) is 2. The molecule has 182 valence electrons. The average Bonchev–Trinajstić information content (AvgIpc) is 2.85. The third-order valence-corrected chi connectivity index (χ3v) is 7.51. The number of amides is 1. The van der Waals surface area contributed by atoms with Crippen molar-refractivity contribution in [2.24, 2.45) is 16.7 Å². The van der Waals surface area contributed by atoms with Gasteiger partial charge in [-0.15, -0.1) is 0 Å². The minimum atomic E-state index is -0.326. The summed E-state index contributed by atoms with van der Waals surface area (Å²) in [5.74, 6) is 7.29. The van der Waals surface area contributed by atoms with Gasteiger partial charge in [-0.25, -0.2) is 4.98 Å². The Balaban J connectivity index is 1.40. The number of pyridine rings is 1. The Hall–Kier alpha value is -3.06. The highest BCUT2D eigenvalue weighted by Gasteiger charge is 2.64. The van der Waals surface area contributed by atoms with E-state index >= 15 is 0 Å². The summed E-state index contributed by atoms with van der Waals surface area (Å²) in [6.45, 7) is 10.3. The summed E-state index contributed by atoms with van der Waals surface area (Å²) in [7, 11) is 0. The largest absolute Gasteiger partial charge is 0.489 e. The fourth-order valence-corrected chi connectivity index (χ4v) is 5.77. The van der Waals surface area contributed by atoms with E-state index in [2.05, 4.69) is 61.2 Å². The molecule has 2 aliphatic rings. The maximum absolute atomic E-state index is 13.0. The zero-order valence-corrected chi connectivity index (χ0v) is 21.4. The van der Waals surface area contributed by atoms with Crippen LogP contribution >= 0.6 is 11.6 Å². The molecule has 6 nitrogen and oxygen atoms in total. The van der Waals surface area contributed by atoms with E-state index in [1.165, 1.54) is 0 Å². The molecule has 0 radical (unpaired) electrons. The van der Waals surface area contributed by atoms with Crippen LogP contribution in [0.4, 0.5) is 0 Å². The van der Waals surface area contributed by atoms with E-state index in [9.17, 15) is 4.79 Å². The van der Waals surface area contributed by atoms with E-state index in [1.807, 2.05) is 0 Å². The Bertz CT molecular complexity index is 1180. The van der Waals surface area contributed by atoms with Crippen molar-refractivity contribution in [2.45, 2.75) is 52.7 Å². The zero-order valence-electron chi connectivity index (χ0n) is 20.6. The Kier molecular flexibility index (Phi) is 7.08. The lowest BCUT2D eigenvalue weighted by atomic mass is 9.49. The van der Waals surface area contributed by atoms with E-state index in [0.717, 1.165) is 25.9 Å². The lowest BCUT2D eigenvalue weighted by Gasteiger charge is -2.63. The number of ether oxygens (including phenoxy) is 1. The van der Waals surface area contributed by atoms with E-state index in [4.69, 9.17) is 21.6 Å². The van der Waals surface area contributed by atoms with Crippen molar-refractivity contribution in [1.82, 2.24) is 15.6 Å². The molecule has 2 aromatic rings. The minimum Gasteiger partial charge on any atom is -0.489 e. The number of carbonyl (C=O) groups excluding carboxylic acids is 1. The van der Waals surface area contributed by atoms with Gasteiger partial charge < -0.3 is 15.4 Å². The summed E-state index contributed by atoms with van der Waals surface area (Å²) in [5.41, 5.74) is 0.944. The number of rotatable bonds is 4. The van der Waals surface area contributed by atoms with Gasteiger partial charge in [-0.1, -0.05) is 45.2 Å². The van der Waals surface area contributed by atoms with Crippen LogP contribution in [-0.4, -0.2) is 36.1 Å². The number of nitrogens with one attached hydrogen (secondary N) is 2. The first kappa shape index (κ1) is 25.0. The minimum absolute atomic E-state index is 0.110. The molecule has 1 aliphatic heterocycles. The van der Waals surface area contributed by atoms with Gasteiger partial charge in [0.25, 0.3) is 5.91 Å². The molecule has 4 rings (SSSR count). The molecule has 1 saturated carbocycles. The maximum Gasteiger partial charge on any atom is 0.253 e. The van der Waals surface area contributed by atoms with Crippen LogP contribution in [-0.2, 0) is 0 Å². The number of hydrogen-bond donors (Lipinski definition) is 2. The molecule has 7 heteroatoms. The monoisotopic (exact) mass is 490 g/mol. The highest BCUT2D eigenvalue weighted by atomic mass is 35.5. The van der Waals surface area contributed by atoms with Crippen LogP contribution in [0.3, 0.4) is 0 Å². The summed E-state index contributed by atoms with van der Waals surface area (Å²) in [6, 6.07) is 10.6. The Morgan fingerprint density at radius 1 is 1.17 bits per heavy atom. The number of carbonyl (C=O) groups is 1. The molecule has 35 heavy (non-hydrogen) atoms. The van der Waals surface area contributed by atoms with Gasteiger partial charge in [0.2, 0.25) is 0 Å². The van der Waals surface area contributed by atoms with Gasteiger partial charge in [0.05, 0.1) is 16.1 Å². The van der Waals surface area contributed by atoms with Gasteiger partial charge >= 0.3 is 0 Å². The van der Waals surface area contributed by atoms with Crippen molar-refractivity contribution in [3.63, 3.8) is 0 Å². The smallest absolute Gasteiger partial charge is 0.253 e. The van der Waals surface area contributed by atoms with Crippen molar-refractivity contribution < 1.29 is 9.53 Å². The fraction of sp³-hybridized carbons (Fsp3) is 0.464. The predicted molar refractivity (Wildman–Crippen MR) is 136 cm³/mol. The van der Waals surface area contributed by atoms with Crippen molar-refractivity contribution in [1.29, 1.82) is 5.26 Å². The number of nitriles is 1. The van der Waals surface area contributed by atoms with E-state index in [0.29, 0.717) is 33.5 Å². The van der Waals surface area contributed by atoms with E-state index in [1.54, 1.807) is 36.5 Å². The van der Waals surface area contributed by atoms with E-state index in [-0.39, 0.29) is 28.9 Å². The Labute approximate surface area is 212 Å². The summed E-state index contributed by atoms with van der Waals surface area (Å²) < 4.78 is 6.29. The number of halogens is 1. The second kappa shape index (κ2) is 9.90. The molecule has 0 spiro atoms. The van der Waals surface area contributed by atoms with Gasteiger partial charge in [0.15, 0.2) is 0 Å². The summed E-state index contributed by atoms with van der Waals surface area (Å²) >= 11 is 6.18. The topological polar surface area (TPSA) is 87.0 Å². The Morgan fingerprint density at radius 3 is 2.49 bits per heavy atom. The number of piperidine rings is 1. The second-order valence-electron chi connectivity index (χ2n) is 10.5. The molecule has 1 amide bonds. The fourth-order valence-electron chi connectivity index (χ4n) is 5.55. The van der Waals surface area contributed by atoms with Crippen molar-refractivity contribution in [2.75, 3.05) is 13.1 Å². The maximum atomic E-state index is 13.0.